The van der Waals surface area contributed by atoms with Crippen LogP contribution < -0.4 is 5.32 Å². The molecule has 0 aliphatic rings. The Bertz CT molecular complexity index is 688. The predicted molar refractivity (Wildman–Crippen MR) is 92.7 cm³/mol. The van der Waals surface area contributed by atoms with Gasteiger partial charge in [0.05, 0.1) is 17.0 Å². The molecule has 1 N–H and O–H groups in total. The quantitative estimate of drug-likeness (QED) is 0.794. The van der Waals surface area contributed by atoms with E-state index in [1.54, 1.807) is 4.68 Å². The monoisotopic (exact) mass is 317 g/mol. The molecular formula is C17H27N5O. The van der Waals surface area contributed by atoms with Crippen molar-refractivity contribution in [2.45, 2.75) is 34.1 Å². The van der Waals surface area contributed by atoms with E-state index in [4.69, 9.17) is 0 Å². The number of carbonyl (C=O) groups excluding carboxylic acids is 1. The fraction of sp³-hybridized carbons (Fsp3) is 0.588. The van der Waals surface area contributed by atoms with Crippen LogP contribution in [0.4, 0.5) is 0 Å². The van der Waals surface area contributed by atoms with Crippen molar-refractivity contribution in [1.29, 1.82) is 0 Å². The molecule has 126 valence electrons. The van der Waals surface area contributed by atoms with Gasteiger partial charge in [-0.2, -0.15) is 5.10 Å². The summed E-state index contributed by atoms with van der Waals surface area (Å²) in [5.74, 6) is -0.0558. The van der Waals surface area contributed by atoms with Crippen LogP contribution in [-0.2, 0) is 7.05 Å². The molecule has 0 radical (unpaired) electrons. The van der Waals surface area contributed by atoms with Gasteiger partial charge in [-0.25, -0.2) is 4.98 Å². The van der Waals surface area contributed by atoms with Crippen molar-refractivity contribution in [3.8, 4) is 0 Å². The summed E-state index contributed by atoms with van der Waals surface area (Å²) >= 11 is 0. The van der Waals surface area contributed by atoms with Gasteiger partial charge in [0.2, 0.25) is 0 Å². The van der Waals surface area contributed by atoms with E-state index in [9.17, 15) is 4.79 Å². The highest BCUT2D eigenvalue weighted by Gasteiger charge is 2.15. The highest BCUT2D eigenvalue weighted by molar-refractivity contribution is 5.98. The van der Waals surface area contributed by atoms with Crippen LogP contribution in [0.5, 0.6) is 0 Å². The number of hydrogen-bond acceptors (Lipinski definition) is 4. The van der Waals surface area contributed by atoms with Crippen LogP contribution in [0.3, 0.4) is 0 Å². The maximum absolute atomic E-state index is 12.4. The van der Waals surface area contributed by atoms with Crippen molar-refractivity contribution in [2.24, 2.45) is 7.05 Å². The van der Waals surface area contributed by atoms with E-state index >= 15 is 0 Å². The molecule has 0 aromatic carbocycles. The molecule has 6 heteroatoms. The molecule has 2 heterocycles. The molecule has 0 bridgehead atoms. The van der Waals surface area contributed by atoms with E-state index in [2.05, 4.69) is 34.1 Å². The van der Waals surface area contributed by atoms with Gasteiger partial charge in [-0.05, 0) is 46.0 Å². The molecule has 0 aliphatic carbocycles. The van der Waals surface area contributed by atoms with Crippen LogP contribution in [0.15, 0.2) is 6.07 Å². The second-order valence-electron chi connectivity index (χ2n) is 5.84. The number of fused-ring (bicyclic) bond motifs is 1. The summed E-state index contributed by atoms with van der Waals surface area (Å²) in [5, 5.41) is 8.30. The SMILES string of the molecule is CCN(CC)CCCNC(=O)c1cc2c(C)nn(C)c2nc1C. The first-order chi connectivity index (χ1) is 11.0. The van der Waals surface area contributed by atoms with Crippen LogP contribution in [0.2, 0.25) is 0 Å². The van der Waals surface area contributed by atoms with Crippen LogP contribution in [-0.4, -0.2) is 51.8 Å². The average molecular weight is 317 g/mol. The third-order valence-electron chi connectivity index (χ3n) is 4.27. The smallest absolute Gasteiger partial charge is 0.253 e. The summed E-state index contributed by atoms with van der Waals surface area (Å²) in [5.41, 5.74) is 3.09. The Morgan fingerprint density at radius 1 is 1.26 bits per heavy atom. The van der Waals surface area contributed by atoms with E-state index in [0.717, 1.165) is 48.5 Å². The van der Waals surface area contributed by atoms with Gasteiger partial charge in [0.15, 0.2) is 5.65 Å². The van der Waals surface area contributed by atoms with Gasteiger partial charge in [0, 0.05) is 19.0 Å². The average Bonchev–Trinajstić information content (AvgIpc) is 2.80. The number of carbonyl (C=O) groups is 1. The van der Waals surface area contributed by atoms with Crippen molar-refractivity contribution >= 4 is 16.9 Å². The Kier molecular flexibility index (Phi) is 5.71. The molecule has 2 aromatic heterocycles. The molecule has 2 aromatic rings. The zero-order valence-corrected chi connectivity index (χ0v) is 14.8. The zero-order valence-electron chi connectivity index (χ0n) is 14.8. The maximum atomic E-state index is 12.4. The minimum absolute atomic E-state index is 0.0558. The van der Waals surface area contributed by atoms with Crippen LogP contribution in [0.1, 0.15) is 42.0 Å². The van der Waals surface area contributed by atoms with E-state index in [1.165, 1.54) is 0 Å². The van der Waals surface area contributed by atoms with E-state index < -0.39 is 0 Å². The molecule has 6 nitrogen and oxygen atoms in total. The van der Waals surface area contributed by atoms with Gasteiger partial charge in [0.1, 0.15) is 0 Å². The van der Waals surface area contributed by atoms with Gasteiger partial charge >= 0.3 is 0 Å². The minimum Gasteiger partial charge on any atom is -0.352 e. The number of rotatable bonds is 7. The molecular weight excluding hydrogens is 290 g/mol. The van der Waals surface area contributed by atoms with Gasteiger partial charge in [-0.1, -0.05) is 13.8 Å². The number of pyridine rings is 1. The lowest BCUT2D eigenvalue weighted by Gasteiger charge is -2.17. The molecule has 0 atom stereocenters. The van der Waals surface area contributed by atoms with Crippen molar-refractivity contribution in [2.75, 3.05) is 26.2 Å². The van der Waals surface area contributed by atoms with Crippen LogP contribution >= 0.6 is 0 Å². The number of aromatic nitrogens is 3. The van der Waals surface area contributed by atoms with Gasteiger partial charge in [-0.15, -0.1) is 0 Å². The zero-order chi connectivity index (χ0) is 17.0. The first-order valence-electron chi connectivity index (χ1n) is 8.29. The Morgan fingerprint density at radius 2 is 1.96 bits per heavy atom. The summed E-state index contributed by atoms with van der Waals surface area (Å²) in [4.78, 5) is 19.3. The molecule has 2 rings (SSSR count). The summed E-state index contributed by atoms with van der Waals surface area (Å²) in [7, 11) is 1.87. The summed E-state index contributed by atoms with van der Waals surface area (Å²) in [6.45, 7) is 11.9. The normalized spacial score (nSPS) is 11.4. The van der Waals surface area contributed by atoms with Gasteiger partial charge < -0.3 is 10.2 Å². The van der Waals surface area contributed by atoms with Crippen molar-refractivity contribution in [3.05, 3.63) is 23.0 Å². The van der Waals surface area contributed by atoms with Gasteiger partial charge in [-0.3, -0.25) is 9.48 Å². The lowest BCUT2D eigenvalue weighted by Crippen LogP contribution is -2.30. The number of hydrogen-bond donors (Lipinski definition) is 1. The van der Waals surface area contributed by atoms with Crippen molar-refractivity contribution < 1.29 is 4.79 Å². The molecule has 0 fully saturated rings. The molecule has 0 aliphatic heterocycles. The summed E-state index contributed by atoms with van der Waals surface area (Å²) in [6, 6.07) is 1.90. The van der Waals surface area contributed by atoms with Gasteiger partial charge in [0.25, 0.3) is 5.91 Å². The molecule has 0 unspecified atom stereocenters. The molecule has 1 amide bonds. The molecule has 0 saturated heterocycles. The van der Waals surface area contributed by atoms with E-state index in [-0.39, 0.29) is 5.91 Å². The highest BCUT2D eigenvalue weighted by Crippen LogP contribution is 2.19. The van der Waals surface area contributed by atoms with E-state index in [0.29, 0.717) is 12.1 Å². The first kappa shape index (κ1) is 17.4. The maximum Gasteiger partial charge on any atom is 0.253 e. The first-order valence-corrected chi connectivity index (χ1v) is 8.29. The Morgan fingerprint density at radius 3 is 2.61 bits per heavy atom. The lowest BCUT2D eigenvalue weighted by atomic mass is 10.1. The molecule has 23 heavy (non-hydrogen) atoms. The summed E-state index contributed by atoms with van der Waals surface area (Å²) < 4.78 is 1.75. The minimum atomic E-state index is -0.0558. The standard InChI is InChI=1S/C17H27N5O/c1-6-22(7-2)10-8-9-18-17(23)15-11-14-13(4)20-21(5)16(14)19-12(15)3/h11H,6-10H2,1-5H3,(H,18,23). The number of nitrogens with one attached hydrogen (secondary N) is 1. The van der Waals surface area contributed by atoms with Crippen LogP contribution in [0.25, 0.3) is 11.0 Å². The van der Waals surface area contributed by atoms with Crippen molar-refractivity contribution in [1.82, 2.24) is 25.0 Å². The molecule has 0 spiro atoms. The second kappa shape index (κ2) is 7.55. The molecule has 0 saturated carbocycles. The Balaban J connectivity index is 2.03. The number of nitrogens with zero attached hydrogens (tertiary/aromatic N) is 4. The van der Waals surface area contributed by atoms with E-state index in [1.807, 2.05) is 27.0 Å². The third-order valence-corrected chi connectivity index (χ3v) is 4.27. The Labute approximate surface area is 137 Å². The largest absolute Gasteiger partial charge is 0.352 e. The second-order valence-corrected chi connectivity index (χ2v) is 5.84. The highest BCUT2D eigenvalue weighted by atomic mass is 16.1. The fourth-order valence-corrected chi connectivity index (χ4v) is 2.80. The third kappa shape index (κ3) is 3.88. The van der Waals surface area contributed by atoms with Crippen molar-refractivity contribution in [3.63, 3.8) is 0 Å². The Hall–Kier alpha value is -1.95. The van der Waals surface area contributed by atoms with Crippen LogP contribution in [0, 0.1) is 13.8 Å². The lowest BCUT2D eigenvalue weighted by molar-refractivity contribution is 0.0951. The topological polar surface area (TPSA) is 63.1 Å². The fourth-order valence-electron chi connectivity index (χ4n) is 2.80. The number of aryl methyl sites for hydroxylation is 3. The predicted octanol–water partition coefficient (Wildman–Crippen LogP) is 2.05. The number of amides is 1. The summed E-state index contributed by atoms with van der Waals surface area (Å²) in [6.07, 6.45) is 0.952.